The Bertz CT molecular complexity index is 369. The minimum Gasteiger partial charge on any atom is -0.494 e. The summed E-state index contributed by atoms with van der Waals surface area (Å²) < 4.78 is 5.43. The van der Waals surface area contributed by atoms with Crippen LogP contribution >= 0.6 is 0 Å². The van der Waals surface area contributed by atoms with E-state index in [0.717, 1.165) is 31.7 Å². The maximum Gasteiger partial charge on any atom is 0.119 e. The Balaban J connectivity index is 1.78. The minimum atomic E-state index is 0.130. The number of hydrogen-bond donors (Lipinski definition) is 2. The molecule has 19 heavy (non-hydrogen) atoms. The zero-order valence-electron chi connectivity index (χ0n) is 11.8. The topological polar surface area (TPSA) is 41.5 Å². The predicted molar refractivity (Wildman–Crippen MR) is 77.3 cm³/mol. The average molecular weight is 263 g/mol. The monoisotopic (exact) mass is 263 g/mol. The molecular weight excluding hydrogens is 238 g/mol. The third-order valence-corrected chi connectivity index (χ3v) is 4.06. The molecule has 0 amide bonds. The fourth-order valence-electron chi connectivity index (χ4n) is 2.86. The molecule has 0 saturated heterocycles. The fraction of sp³-hybridized carbons (Fsp3) is 0.625. The second kappa shape index (κ2) is 6.92. The highest BCUT2D eigenvalue weighted by Crippen LogP contribution is 2.36. The Morgan fingerprint density at radius 2 is 1.89 bits per heavy atom. The summed E-state index contributed by atoms with van der Waals surface area (Å²) in [4.78, 5) is 0. The van der Waals surface area contributed by atoms with Crippen molar-refractivity contribution in [2.24, 2.45) is 5.41 Å². The first-order valence-electron chi connectivity index (χ1n) is 7.31. The van der Waals surface area contributed by atoms with Crippen molar-refractivity contribution < 1.29 is 9.84 Å². The summed E-state index contributed by atoms with van der Waals surface area (Å²) in [7, 11) is 0. The maximum atomic E-state index is 9.55. The molecule has 0 unspecified atom stereocenters. The van der Waals surface area contributed by atoms with E-state index in [1.165, 1.54) is 18.4 Å². The van der Waals surface area contributed by atoms with E-state index < -0.39 is 0 Å². The van der Waals surface area contributed by atoms with Crippen molar-refractivity contribution in [1.82, 2.24) is 5.32 Å². The van der Waals surface area contributed by atoms with Gasteiger partial charge in [-0.3, -0.25) is 0 Å². The molecule has 1 fully saturated rings. The molecule has 1 saturated carbocycles. The van der Waals surface area contributed by atoms with Crippen LogP contribution < -0.4 is 10.1 Å². The molecular formula is C16H25NO2. The molecule has 3 nitrogen and oxygen atoms in total. The molecule has 0 atom stereocenters. The lowest BCUT2D eigenvalue weighted by Crippen LogP contribution is -2.34. The van der Waals surface area contributed by atoms with E-state index >= 15 is 0 Å². The first-order chi connectivity index (χ1) is 9.28. The van der Waals surface area contributed by atoms with E-state index in [1.54, 1.807) is 0 Å². The Hall–Kier alpha value is -1.06. The van der Waals surface area contributed by atoms with Gasteiger partial charge >= 0.3 is 0 Å². The van der Waals surface area contributed by atoms with Crippen LogP contribution in [0.1, 0.15) is 38.2 Å². The Kier molecular flexibility index (Phi) is 5.23. The van der Waals surface area contributed by atoms with Crippen LogP contribution in [0.3, 0.4) is 0 Å². The normalized spacial score (nSPS) is 17.6. The van der Waals surface area contributed by atoms with Crippen LogP contribution in [0, 0.1) is 5.41 Å². The van der Waals surface area contributed by atoms with Gasteiger partial charge in [-0.25, -0.2) is 0 Å². The van der Waals surface area contributed by atoms with Crippen molar-refractivity contribution >= 4 is 0 Å². The molecule has 106 valence electrons. The average Bonchev–Trinajstić information content (AvgIpc) is 2.91. The molecule has 1 aromatic rings. The van der Waals surface area contributed by atoms with Gasteiger partial charge in [0.25, 0.3) is 0 Å². The van der Waals surface area contributed by atoms with Gasteiger partial charge < -0.3 is 15.2 Å². The van der Waals surface area contributed by atoms with E-state index in [4.69, 9.17) is 4.74 Å². The van der Waals surface area contributed by atoms with Gasteiger partial charge in [-0.05, 0) is 37.5 Å². The second-order valence-electron chi connectivity index (χ2n) is 5.55. The van der Waals surface area contributed by atoms with Crippen LogP contribution in [-0.4, -0.2) is 24.9 Å². The van der Waals surface area contributed by atoms with E-state index in [2.05, 4.69) is 17.4 Å². The molecule has 1 aliphatic rings. The zero-order valence-corrected chi connectivity index (χ0v) is 11.8. The third-order valence-electron chi connectivity index (χ3n) is 4.06. The molecule has 1 aromatic carbocycles. The highest BCUT2D eigenvalue weighted by Gasteiger charge is 2.32. The van der Waals surface area contributed by atoms with Gasteiger partial charge in [-0.1, -0.05) is 25.0 Å². The summed E-state index contributed by atoms with van der Waals surface area (Å²) in [5, 5.41) is 13.0. The molecule has 2 N–H and O–H groups in total. The van der Waals surface area contributed by atoms with Crippen molar-refractivity contribution in [3.63, 3.8) is 0 Å². The fourth-order valence-corrected chi connectivity index (χ4v) is 2.86. The van der Waals surface area contributed by atoms with E-state index in [9.17, 15) is 5.11 Å². The molecule has 0 aromatic heterocycles. The second-order valence-corrected chi connectivity index (χ2v) is 5.55. The van der Waals surface area contributed by atoms with Gasteiger partial charge in [0, 0.05) is 25.1 Å². The number of ether oxygens (including phenoxy) is 1. The van der Waals surface area contributed by atoms with Crippen molar-refractivity contribution in [1.29, 1.82) is 0 Å². The summed E-state index contributed by atoms with van der Waals surface area (Å²) in [6.07, 6.45) is 4.82. The molecule has 2 rings (SSSR count). The largest absolute Gasteiger partial charge is 0.494 e. The van der Waals surface area contributed by atoms with Crippen LogP contribution in [0.25, 0.3) is 0 Å². The first-order valence-corrected chi connectivity index (χ1v) is 7.31. The van der Waals surface area contributed by atoms with Gasteiger partial charge in [0.2, 0.25) is 0 Å². The summed E-state index contributed by atoms with van der Waals surface area (Å²) in [6.45, 7) is 4.77. The number of nitrogens with one attached hydrogen (secondary N) is 1. The Labute approximate surface area is 116 Å². The quantitative estimate of drug-likeness (QED) is 0.795. The molecule has 0 radical (unpaired) electrons. The lowest BCUT2D eigenvalue weighted by atomic mass is 9.87. The summed E-state index contributed by atoms with van der Waals surface area (Å²) in [6, 6.07) is 8.21. The van der Waals surface area contributed by atoms with Crippen LogP contribution in [-0.2, 0) is 6.54 Å². The smallest absolute Gasteiger partial charge is 0.119 e. The molecule has 0 aliphatic heterocycles. The summed E-state index contributed by atoms with van der Waals surface area (Å²) >= 11 is 0. The van der Waals surface area contributed by atoms with Crippen LogP contribution in [0.5, 0.6) is 5.75 Å². The van der Waals surface area contributed by atoms with Crippen molar-refractivity contribution in [3.05, 3.63) is 29.8 Å². The lowest BCUT2D eigenvalue weighted by Gasteiger charge is -2.26. The van der Waals surface area contributed by atoms with Crippen molar-refractivity contribution in [3.8, 4) is 5.75 Å². The van der Waals surface area contributed by atoms with Gasteiger partial charge in [0.1, 0.15) is 5.75 Å². The molecule has 3 heteroatoms. The third kappa shape index (κ3) is 3.95. The van der Waals surface area contributed by atoms with E-state index in [0.29, 0.717) is 13.2 Å². The summed E-state index contributed by atoms with van der Waals surface area (Å²) in [5.41, 5.74) is 1.39. The number of rotatable bonds is 7. The number of aliphatic hydroxyl groups excluding tert-OH is 1. The van der Waals surface area contributed by atoms with Crippen molar-refractivity contribution in [2.75, 3.05) is 19.8 Å². The number of hydrogen-bond acceptors (Lipinski definition) is 3. The zero-order chi connectivity index (χ0) is 13.6. The highest BCUT2D eigenvalue weighted by molar-refractivity contribution is 5.27. The van der Waals surface area contributed by atoms with Crippen LogP contribution in [0.4, 0.5) is 0 Å². The van der Waals surface area contributed by atoms with Gasteiger partial charge in [0.05, 0.1) is 6.61 Å². The lowest BCUT2D eigenvalue weighted by molar-refractivity contribution is 0.128. The first kappa shape index (κ1) is 14.4. The summed E-state index contributed by atoms with van der Waals surface area (Å²) in [5.74, 6) is 0.925. The standard InChI is InChI=1S/C16H25NO2/c1-2-19-15-7-5-14(6-8-15)11-17-12-16(13-18)9-3-4-10-16/h5-8,17-18H,2-4,9-13H2,1H3. The molecule has 0 heterocycles. The van der Waals surface area contributed by atoms with E-state index in [-0.39, 0.29) is 5.41 Å². The van der Waals surface area contributed by atoms with Gasteiger partial charge in [-0.15, -0.1) is 0 Å². The molecule has 0 spiro atoms. The molecule has 1 aliphatic carbocycles. The number of aliphatic hydroxyl groups is 1. The van der Waals surface area contributed by atoms with Gasteiger partial charge in [0.15, 0.2) is 0 Å². The molecule has 0 bridgehead atoms. The van der Waals surface area contributed by atoms with Crippen molar-refractivity contribution in [2.45, 2.75) is 39.2 Å². The predicted octanol–water partition coefficient (Wildman–Crippen LogP) is 2.73. The SMILES string of the molecule is CCOc1ccc(CNCC2(CO)CCCC2)cc1. The maximum absolute atomic E-state index is 9.55. The highest BCUT2D eigenvalue weighted by atomic mass is 16.5. The van der Waals surface area contributed by atoms with Crippen LogP contribution in [0.2, 0.25) is 0 Å². The number of benzene rings is 1. The Morgan fingerprint density at radius 1 is 1.21 bits per heavy atom. The van der Waals surface area contributed by atoms with Crippen LogP contribution in [0.15, 0.2) is 24.3 Å². The Morgan fingerprint density at radius 3 is 2.47 bits per heavy atom. The minimum absolute atomic E-state index is 0.130. The van der Waals surface area contributed by atoms with Gasteiger partial charge in [-0.2, -0.15) is 0 Å². The van der Waals surface area contributed by atoms with E-state index in [1.807, 2.05) is 19.1 Å².